The van der Waals surface area contributed by atoms with Crippen LogP contribution < -0.4 is 10.6 Å². The van der Waals surface area contributed by atoms with Gasteiger partial charge in [0.15, 0.2) is 0 Å². The third-order valence-electron chi connectivity index (χ3n) is 2.66. The molecule has 2 heterocycles. The Hall–Kier alpha value is -1.50. The molecule has 0 bridgehead atoms. The van der Waals surface area contributed by atoms with Crippen LogP contribution in [-0.2, 0) is 0 Å². The molecular formula is C11H16N4O2S. The number of pyridine rings is 1. The van der Waals surface area contributed by atoms with Gasteiger partial charge in [-0.25, -0.2) is 4.98 Å². The summed E-state index contributed by atoms with van der Waals surface area (Å²) >= 11 is 1.89. The van der Waals surface area contributed by atoms with Crippen LogP contribution in [0.2, 0.25) is 0 Å². The highest BCUT2D eigenvalue weighted by molar-refractivity contribution is 7.99. The van der Waals surface area contributed by atoms with Crippen LogP contribution in [0.4, 0.5) is 17.3 Å². The zero-order valence-corrected chi connectivity index (χ0v) is 11.0. The predicted octanol–water partition coefficient (Wildman–Crippen LogP) is 2.34. The van der Waals surface area contributed by atoms with E-state index >= 15 is 0 Å². The first-order chi connectivity index (χ1) is 8.69. The van der Waals surface area contributed by atoms with E-state index in [9.17, 15) is 10.1 Å². The van der Waals surface area contributed by atoms with Gasteiger partial charge in [-0.2, -0.15) is 11.8 Å². The molecule has 6 nitrogen and oxygen atoms in total. The minimum Gasteiger partial charge on any atom is -0.370 e. The van der Waals surface area contributed by atoms with Crippen LogP contribution in [0, 0.1) is 10.1 Å². The monoisotopic (exact) mass is 268 g/mol. The van der Waals surface area contributed by atoms with Crippen molar-refractivity contribution in [3.63, 3.8) is 0 Å². The number of hydrogen-bond acceptors (Lipinski definition) is 6. The molecule has 18 heavy (non-hydrogen) atoms. The van der Waals surface area contributed by atoms with Crippen molar-refractivity contribution in [1.29, 1.82) is 0 Å². The predicted molar refractivity (Wildman–Crippen MR) is 74.4 cm³/mol. The van der Waals surface area contributed by atoms with Crippen molar-refractivity contribution in [2.75, 3.05) is 28.7 Å². The van der Waals surface area contributed by atoms with Crippen LogP contribution in [0.5, 0.6) is 0 Å². The molecule has 0 amide bonds. The summed E-state index contributed by atoms with van der Waals surface area (Å²) in [5.41, 5.74) is 0.0640. The van der Waals surface area contributed by atoms with Gasteiger partial charge in [0.2, 0.25) is 0 Å². The highest BCUT2D eigenvalue weighted by Crippen LogP contribution is 2.24. The van der Waals surface area contributed by atoms with Crippen molar-refractivity contribution < 1.29 is 4.92 Å². The summed E-state index contributed by atoms with van der Waals surface area (Å²) in [6.45, 7) is 2.62. The number of hydrogen-bond donors (Lipinski definition) is 2. The Morgan fingerprint density at radius 2 is 2.33 bits per heavy atom. The van der Waals surface area contributed by atoms with Crippen molar-refractivity contribution in [2.45, 2.75) is 19.4 Å². The number of nitrogens with zero attached hydrogens (tertiary/aromatic N) is 2. The van der Waals surface area contributed by atoms with E-state index in [1.165, 1.54) is 12.1 Å². The van der Waals surface area contributed by atoms with Gasteiger partial charge in [-0.05, 0) is 19.1 Å². The fraction of sp³-hybridized carbons (Fsp3) is 0.545. The Labute approximate surface area is 110 Å². The van der Waals surface area contributed by atoms with Gasteiger partial charge in [-0.1, -0.05) is 0 Å². The van der Waals surface area contributed by atoms with E-state index in [0.717, 1.165) is 17.9 Å². The maximum absolute atomic E-state index is 10.9. The molecule has 1 aromatic rings. The fourth-order valence-corrected chi connectivity index (χ4v) is 2.98. The molecule has 0 radical (unpaired) electrons. The Kier molecular flexibility index (Phi) is 4.24. The summed E-state index contributed by atoms with van der Waals surface area (Å²) in [6.07, 6.45) is 1.07. The summed E-state index contributed by atoms with van der Waals surface area (Å²) in [5, 5.41) is 17.1. The molecule has 1 atom stereocenters. The second kappa shape index (κ2) is 5.90. The molecule has 1 aliphatic rings. The number of rotatable bonds is 5. The second-order valence-electron chi connectivity index (χ2n) is 4.09. The van der Waals surface area contributed by atoms with Crippen molar-refractivity contribution >= 4 is 29.1 Å². The Morgan fingerprint density at radius 1 is 1.56 bits per heavy atom. The lowest BCUT2D eigenvalue weighted by atomic mass is 10.2. The first-order valence-electron chi connectivity index (χ1n) is 5.93. The zero-order valence-electron chi connectivity index (χ0n) is 10.2. The molecule has 1 unspecified atom stereocenters. The standard InChI is InChI=1S/C11H16N4O2S/c1-2-12-10-5-9(15(16)17)6-11(14-10)13-8-3-4-18-7-8/h5-6,8H,2-4,7H2,1H3,(H2,12,13,14). The number of nitro groups is 1. The minimum atomic E-state index is -0.392. The van der Waals surface area contributed by atoms with Crippen molar-refractivity contribution in [2.24, 2.45) is 0 Å². The van der Waals surface area contributed by atoms with Gasteiger partial charge >= 0.3 is 0 Å². The van der Waals surface area contributed by atoms with Gasteiger partial charge in [-0.3, -0.25) is 10.1 Å². The van der Waals surface area contributed by atoms with E-state index in [1.807, 2.05) is 18.7 Å². The van der Waals surface area contributed by atoms with Crippen molar-refractivity contribution in [1.82, 2.24) is 4.98 Å². The van der Waals surface area contributed by atoms with Crippen LogP contribution in [0.25, 0.3) is 0 Å². The molecule has 1 fully saturated rings. The average Bonchev–Trinajstić information content (AvgIpc) is 2.82. The highest BCUT2D eigenvalue weighted by atomic mass is 32.2. The van der Waals surface area contributed by atoms with E-state index in [1.54, 1.807) is 0 Å². The van der Waals surface area contributed by atoms with Crippen molar-refractivity contribution in [3.8, 4) is 0 Å². The van der Waals surface area contributed by atoms with Gasteiger partial charge in [0.1, 0.15) is 11.6 Å². The maximum atomic E-state index is 10.9. The summed E-state index contributed by atoms with van der Waals surface area (Å²) in [7, 11) is 0. The third-order valence-corrected chi connectivity index (χ3v) is 3.82. The van der Waals surface area contributed by atoms with Gasteiger partial charge < -0.3 is 10.6 Å². The highest BCUT2D eigenvalue weighted by Gasteiger charge is 2.17. The Bertz CT molecular complexity index is 435. The summed E-state index contributed by atoms with van der Waals surface area (Å²) < 4.78 is 0. The van der Waals surface area contributed by atoms with Crippen LogP contribution in [0.3, 0.4) is 0 Å². The molecular weight excluding hydrogens is 252 g/mol. The molecule has 2 rings (SSSR count). The smallest absolute Gasteiger partial charge is 0.276 e. The van der Waals surface area contributed by atoms with Crippen LogP contribution in [0.1, 0.15) is 13.3 Å². The third kappa shape index (κ3) is 3.25. The summed E-state index contributed by atoms with van der Waals surface area (Å²) in [6, 6.07) is 3.31. The summed E-state index contributed by atoms with van der Waals surface area (Å²) in [4.78, 5) is 14.8. The van der Waals surface area contributed by atoms with Crippen LogP contribution >= 0.6 is 11.8 Å². The Balaban J connectivity index is 2.18. The molecule has 0 aromatic carbocycles. The molecule has 0 spiro atoms. The number of anilines is 2. The Morgan fingerprint density at radius 3 is 2.94 bits per heavy atom. The molecule has 0 saturated carbocycles. The lowest BCUT2D eigenvalue weighted by Gasteiger charge is -2.13. The van der Waals surface area contributed by atoms with Crippen LogP contribution in [0.15, 0.2) is 12.1 Å². The van der Waals surface area contributed by atoms with Gasteiger partial charge in [-0.15, -0.1) is 0 Å². The zero-order chi connectivity index (χ0) is 13.0. The topological polar surface area (TPSA) is 80.1 Å². The van der Waals surface area contributed by atoms with Gasteiger partial charge in [0, 0.05) is 18.3 Å². The van der Waals surface area contributed by atoms with E-state index in [-0.39, 0.29) is 5.69 Å². The number of thioether (sulfide) groups is 1. The lowest BCUT2D eigenvalue weighted by Crippen LogP contribution is -2.19. The van der Waals surface area contributed by atoms with Crippen molar-refractivity contribution in [3.05, 3.63) is 22.2 Å². The van der Waals surface area contributed by atoms with E-state index < -0.39 is 4.92 Å². The molecule has 1 aromatic heterocycles. The normalized spacial score (nSPS) is 18.6. The van der Waals surface area contributed by atoms with E-state index in [4.69, 9.17) is 0 Å². The number of nitrogens with one attached hydrogen (secondary N) is 2. The maximum Gasteiger partial charge on any atom is 0.276 e. The molecule has 7 heteroatoms. The van der Waals surface area contributed by atoms with Gasteiger partial charge in [0.05, 0.1) is 17.1 Å². The quantitative estimate of drug-likeness (QED) is 0.630. The molecule has 1 aliphatic heterocycles. The largest absolute Gasteiger partial charge is 0.370 e. The molecule has 2 N–H and O–H groups in total. The number of aromatic nitrogens is 1. The lowest BCUT2D eigenvalue weighted by molar-refractivity contribution is -0.384. The molecule has 98 valence electrons. The first-order valence-corrected chi connectivity index (χ1v) is 7.09. The fourth-order valence-electron chi connectivity index (χ4n) is 1.82. The average molecular weight is 268 g/mol. The minimum absolute atomic E-state index is 0.0640. The molecule has 1 saturated heterocycles. The van der Waals surface area contributed by atoms with E-state index in [0.29, 0.717) is 24.2 Å². The van der Waals surface area contributed by atoms with Gasteiger partial charge in [0.25, 0.3) is 5.69 Å². The SMILES string of the molecule is CCNc1cc([N+](=O)[O-])cc(NC2CCSC2)n1. The van der Waals surface area contributed by atoms with Crippen LogP contribution in [-0.4, -0.2) is 34.0 Å². The van der Waals surface area contributed by atoms with E-state index in [2.05, 4.69) is 15.6 Å². The second-order valence-corrected chi connectivity index (χ2v) is 5.24. The molecule has 0 aliphatic carbocycles. The summed E-state index contributed by atoms with van der Waals surface area (Å²) in [5.74, 6) is 3.28. The first kappa shape index (κ1) is 12.9.